The molecule has 4 aromatic rings. The van der Waals surface area contributed by atoms with E-state index in [1.165, 1.54) is 0 Å². The fourth-order valence-corrected chi connectivity index (χ4v) is 3.57. The molecule has 0 aliphatic rings. The maximum atomic E-state index is 11.9. The van der Waals surface area contributed by atoms with E-state index in [2.05, 4.69) is 25.2 Å². The lowest BCUT2D eigenvalue weighted by atomic mass is 10.1. The first-order valence-corrected chi connectivity index (χ1v) is 10.7. The van der Waals surface area contributed by atoms with Gasteiger partial charge in [-0.05, 0) is 32.9 Å². The molecule has 0 amide bonds. The number of hydrogen-bond acceptors (Lipinski definition) is 6. The van der Waals surface area contributed by atoms with Gasteiger partial charge < -0.3 is 5.32 Å². The van der Waals surface area contributed by atoms with Crippen molar-refractivity contribution in [2.24, 2.45) is 0 Å². The van der Waals surface area contributed by atoms with Gasteiger partial charge in [0.25, 0.3) is 0 Å². The van der Waals surface area contributed by atoms with Gasteiger partial charge in [0, 0.05) is 35.3 Å². The maximum absolute atomic E-state index is 11.9. The van der Waals surface area contributed by atoms with Crippen LogP contribution in [0.2, 0.25) is 0 Å². The van der Waals surface area contributed by atoms with Gasteiger partial charge >= 0.3 is 0 Å². The number of sulfonamides is 1. The molecule has 0 bridgehead atoms. The number of imidazole rings is 1. The molecule has 150 valence electrons. The van der Waals surface area contributed by atoms with E-state index in [0.29, 0.717) is 23.1 Å². The summed E-state index contributed by atoms with van der Waals surface area (Å²) in [7, 11) is -3.36. The number of rotatable bonds is 6. The Kier molecular flexibility index (Phi) is 4.71. The van der Waals surface area contributed by atoms with Crippen LogP contribution in [0.25, 0.3) is 16.9 Å². The molecular weight excluding hydrogens is 390 g/mol. The highest BCUT2D eigenvalue weighted by molar-refractivity contribution is 7.92. The zero-order valence-corrected chi connectivity index (χ0v) is 17.1. The SMILES string of the molecule is CCS(=O)(=O)Nc1cccc(-c2cc3nc(C)cn3c(Nc3cc(C)[nH]n3)n2)c1. The van der Waals surface area contributed by atoms with Crippen molar-refractivity contribution < 1.29 is 8.42 Å². The minimum atomic E-state index is -3.36. The standard InChI is InChI=1S/C19H21N7O2S/c1-4-29(27,28)25-15-7-5-6-14(9-15)16-10-18-20-13(3)11-26(18)19(21-16)22-17-8-12(2)23-24-17/h5-11,25H,4H2,1-3H3,(H2,21,22,23,24). The first-order valence-electron chi connectivity index (χ1n) is 9.10. The molecule has 3 heterocycles. The Bertz CT molecular complexity index is 1290. The lowest BCUT2D eigenvalue weighted by Crippen LogP contribution is -2.14. The Hall–Kier alpha value is -3.40. The number of hydrogen-bond donors (Lipinski definition) is 3. The summed E-state index contributed by atoms with van der Waals surface area (Å²) in [6.07, 6.45) is 1.89. The number of anilines is 3. The van der Waals surface area contributed by atoms with Crippen LogP contribution in [0.15, 0.2) is 42.6 Å². The van der Waals surface area contributed by atoms with Crippen molar-refractivity contribution in [3.05, 3.63) is 54.0 Å². The molecular formula is C19H21N7O2S. The zero-order valence-electron chi connectivity index (χ0n) is 16.3. The Labute approximate surface area is 168 Å². The first kappa shape index (κ1) is 18.9. The van der Waals surface area contributed by atoms with Crippen LogP contribution in [-0.4, -0.2) is 38.7 Å². The van der Waals surface area contributed by atoms with Crippen molar-refractivity contribution in [2.75, 3.05) is 15.8 Å². The van der Waals surface area contributed by atoms with Crippen LogP contribution in [0.4, 0.5) is 17.5 Å². The van der Waals surface area contributed by atoms with Crippen molar-refractivity contribution in [1.29, 1.82) is 0 Å². The van der Waals surface area contributed by atoms with E-state index < -0.39 is 10.0 Å². The molecule has 4 rings (SSSR count). The lowest BCUT2D eigenvalue weighted by Gasteiger charge is -2.11. The Balaban J connectivity index is 1.78. The lowest BCUT2D eigenvalue weighted by molar-refractivity contribution is 0.602. The van der Waals surface area contributed by atoms with E-state index in [-0.39, 0.29) is 5.75 Å². The summed E-state index contributed by atoms with van der Waals surface area (Å²) in [6.45, 7) is 5.42. The van der Waals surface area contributed by atoms with E-state index in [1.807, 2.05) is 42.6 Å². The Morgan fingerprint density at radius 2 is 1.97 bits per heavy atom. The summed E-state index contributed by atoms with van der Waals surface area (Å²) >= 11 is 0. The first-order chi connectivity index (χ1) is 13.8. The number of H-pyrrole nitrogens is 1. The molecule has 3 N–H and O–H groups in total. The quantitative estimate of drug-likeness (QED) is 0.448. The summed E-state index contributed by atoms with van der Waals surface area (Å²) < 4.78 is 28.2. The average molecular weight is 411 g/mol. The third-order valence-corrected chi connectivity index (χ3v) is 5.64. The summed E-state index contributed by atoms with van der Waals surface area (Å²) in [5.74, 6) is 1.21. The van der Waals surface area contributed by atoms with Gasteiger partial charge in [-0.15, -0.1) is 0 Å². The van der Waals surface area contributed by atoms with E-state index >= 15 is 0 Å². The van der Waals surface area contributed by atoms with E-state index in [0.717, 1.165) is 22.6 Å². The highest BCUT2D eigenvalue weighted by Crippen LogP contribution is 2.26. The number of nitrogens with zero attached hydrogens (tertiary/aromatic N) is 4. The summed E-state index contributed by atoms with van der Waals surface area (Å²) in [4.78, 5) is 9.27. The molecule has 0 aliphatic carbocycles. The third kappa shape index (κ3) is 4.06. The van der Waals surface area contributed by atoms with Crippen LogP contribution in [0.3, 0.4) is 0 Å². The van der Waals surface area contributed by atoms with Crippen LogP contribution < -0.4 is 10.0 Å². The van der Waals surface area contributed by atoms with Gasteiger partial charge in [0.2, 0.25) is 16.0 Å². The van der Waals surface area contributed by atoms with Crippen LogP contribution in [0, 0.1) is 13.8 Å². The molecule has 0 saturated carbocycles. The normalized spacial score (nSPS) is 11.7. The van der Waals surface area contributed by atoms with Crippen LogP contribution in [0.5, 0.6) is 0 Å². The average Bonchev–Trinajstić information content (AvgIpc) is 3.26. The molecule has 29 heavy (non-hydrogen) atoms. The molecule has 0 atom stereocenters. The number of nitrogens with one attached hydrogen (secondary N) is 3. The number of fused-ring (bicyclic) bond motifs is 1. The fraction of sp³-hybridized carbons (Fsp3) is 0.211. The monoisotopic (exact) mass is 411 g/mol. The van der Waals surface area contributed by atoms with E-state index in [9.17, 15) is 8.42 Å². The highest BCUT2D eigenvalue weighted by Gasteiger charge is 2.13. The number of aryl methyl sites for hydroxylation is 2. The van der Waals surface area contributed by atoms with Gasteiger partial charge in [0.15, 0.2) is 5.82 Å². The molecule has 0 saturated heterocycles. The number of aromatic nitrogens is 5. The minimum absolute atomic E-state index is 0.00589. The molecule has 3 aromatic heterocycles. The van der Waals surface area contributed by atoms with Crippen molar-refractivity contribution in [1.82, 2.24) is 24.6 Å². The number of benzene rings is 1. The largest absolute Gasteiger partial charge is 0.308 e. The van der Waals surface area contributed by atoms with Gasteiger partial charge in [0.05, 0.1) is 17.1 Å². The Morgan fingerprint density at radius 3 is 2.69 bits per heavy atom. The minimum Gasteiger partial charge on any atom is -0.308 e. The predicted octanol–water partition coefficient (Wildman–Crippen LogP) is 3.24. The van der Waals surface area contributed by atoms with E-state index in [4.69, 9.17) is 4.98 Å². The summed E-state index contributed by atoms with van der Waals surface area (Å²) in [5.41, 5.74) is 4.43. The number of aromatic amines is 1. The van der Waals surface area contributed by atoms with E-state index in [1.54, 1.807) is 25.1 Å². The zero-order chi connectivity index (χ0) is 20.6. The molecule has 0 unspecified atom stereocenters. The topological polar surface area (TPSA) is 117 Å². The highest BCUT2D eigenvalue weighted by atomic mass is 32.2. The maximum Gasteiger partial charge on any atom is 0.232 e. The van der Waals surface area contributed by atoms with Crippen LogP contribution in [0.1, 0.15) is 18.3 Å². The summed E-state index contributed by atoms with van der Waals surface area (Å²) in [5, 5.41) is 10.3. The van der Waals surface area contributed by atoms with Gasteiger partial charge in [-0.3, -0.25) is 14.2 Å². The van der Waals surface area contributed by atoms with Crippen molar-refractivity contribution in [3.63, 3.8) is 0 Å². The smallest absolute Gasteiger partial charge is 0.232 e. The molecule has 0 aliphatic heterocycles. The van der Waals surface area contributed by atoms with Crippen molar-refractivity contribution >= 4 is 33.1 Å². The van der Waals surface area contributed by atoms with Gasteiger partial charge in [-0.1, -0.05) is 12.1 Å². The Morgan fingerprint density at radius 1 is 1.14 bits per heavy atom. The van der Waals surface area contributed by atoms with Crippen LogP contribution in [-0.2, 0) is 10.0 Å². The van der Waals surface area contributed by atoms with Gasteiger partial charge in [-0.2, -0.15) is 5.10 Å². The second-order valence-corrected chi connectivity index (χ2v) is 8.73. The third-order valence-electron chi connectivity index (χ3n) is 4.33. The second-order valence-electron chi connectivity index (χ2n) is 6.72. The fourth-order valence-electron chi connectivity index (χ4n) is 2.94. The van der Waals surface area contributed by atoms with Gasteiger partial charge in [-0.25, -0.2) is 18.4 Å². The summed E-state index contributed by atoms with van der Waals surface area (Å²) in [6, 6.07) is 10.9. The second kappa shape index (κ2) is 7.21. The molecule has 10 heteroatoms. The van der Waals surface area contributed by atoms with Crippen molar-refractivity contribution in [2.45, 2.75) is 20.8 Å². The molecule has 1 aromatic carbocycles. The van der Waals surface area contributed by atoms with Gasteiger partial charge in [0.1, 0.15) is 5.65 Å². The molecule has 0 fully saturated rings. The predicted molar refractivity (Wildman–Crippen MR) is 113 cm³/mol. The van der Waals surface area contributed by atoms with Crippen LogP contribution >= 0.6 is 0 Å². The molecule has 0 spiro atoms. The van der Waals surface area contributed by atoms with Crippen molar-refractivity contribution in [3.8, 4) is 11.3 Å². The molecule has 9 nitrogen and oxygen atoms in total. The molecule has 0 radical (unpaired) electrons.